The van der Waals surface area contributed by atoms with Crippen LogP contribution in [0.5, 0.6) is 0 Å². The van der Waals surface area contributed by atoms with E-state index in [0.717, 1.165) is 17.0 Å². The Morgan fingerprint density at radius 2 is 2.00 bits per heavy atom. The molecule has 3 atom stereocenters. The number of hydrogen-bond acceptors (Lipinski definition) is 6. The van der Waals surface area contributed by atoms with Gasteiger partial charge in [0.15, 0.2) is 6.10 Å². The molecule has 2 aliphatic rings. The van der Waals surface area contributed by atoms with E-state index in [2.05, 4.69) is 4.99 Å². The van der Waals surface area contributed by atoms with Crippen LogP contribution in [-0.2, 0) is 24.6 Å². The molecule has 0 aromatic heterocycles. The van der Waals surface area contributed by atoms with Gasteiger partial charge >= 0.3 is 12.1 Å². The second-order valence-corrected chi connectivity index (χ2v) is 8.60. The molecule has 0 spiro atoms. The first-order valence-electron chi connectivity index (χ1n) is 9.48. The quantitative estimate of drug-likeness (QED) is 0.439. The molecule has 0 saturated carbocycles. The molecule has 31 heavy (non-hydrogen) atoms. The molecule has 2 N–H and O–H groups in total. The fourth-order valence-electron chi connectivity index (χ4n) is 3.86. The summed E-state index contributed by atoms with van der Waals surface area (Å²) in [5.41, 5.74) is 2.66. The maximum atomic E-state index is 14.8. The molecule has 2 aliphatic heterocycles. The number of alkyl halides is 3. The number of benzene rings is 1. The Kier molecular flexibility index (Phi) is 5.54. The number of amides is 1. The van der Waals surface area contributed by atoms with Crippen LogP contribution in [0.4, 0.5) is 23.2 Å². The Balaban J connectivity index is 2.16. The highest BCUT2D eigenvalue weighted by atomic mass is 19.4. The van der Waals surface area contributed by atoms with Crippen LogP contribution < -0.4 is 5.73 Å². The zero-order valence-corrected chi connectivity index (χ0v) is 17.4. The van der Waals surface area contributed by atoms with Crippen LogP contribution in [0.15, 0.2) is 23.2 Å². The van der Waals surface area contributed by atoms with Crippen molar-refractivity contribution in [2.24, 2.45) is 10.9 Å². The predicted molar refractivity (Wildman–Crippen MR) is 102 cm³/mol. The number of anilines is 1. The number of hydrogen-bond donors (Lipinski definition) is 1. The highest BCUT2D eigenvalue weighted by Crippen LogP contribution is 2.51. The molecular weight excluding hydrogens is 422 g/mol. The largest absolute Gasteiger partial charge is 0.460 e. The van der Waals surface area contributed by atoms with Crippen LogP contribution in [0.25, 0.3) is 0 Å². The topological polar surface area (TPSA) is 94.2 Å². The van der Waals surface area contributed by atoms with E-state index < -0.39 is 60.1 Å². The van der Waals surface area contributed by atoms with Crippen LogP contribution in [0.2, 0.25) is 0 Å². The summed E-state index contributed by atoms with van der Waals surface area (Å²) in [6.45, 7) is 4.21. The van der Waals surface area contributed by atoms with Crippen molar-refractivity contribution in [1.82, 2.24) is 4.90 Å². The van der Waals surface area contributed by atoms with E-state index in [-0.39, 0.29) is 17.1 Å². The fourth-order valence-corrected chi connectivity index (χ4v) is 3.86. The van der Waals surface area contributed by atoms with Gasteiger partial charge < -0.3 is 20.1 Å². The zero-order valence-electron chi connectivity index (χ0n) is 17.4. The van der Waals surface area contributed by atoms with E-state index in [4.69, 9.17) is 15.2 Å². The standard InChI is InChI=1S/C20H23F4N3O4/c1-18(2,3)31-14(28)8-13-26-19(11-7-10(25)5-6-12(11)21)9-30-16(20(22,23)24)15(19)17(29)27(13)4/h5-7,15-16H,8-9,25H2,1-4H3/t15-,16-,19+/m0/s1. The van der Waals surface area contributed by atoms with Gasteiger partial charge in [-0.05, 0) is 39.0 Å². The number of esters is 1. The minimum Gasteiger partial charge on any atom is -0.460 e. The number of nitrogens with zero attached hydrogens (tertiary/aromatic N) is 2. The molecular formula is C20H23F4N3O4. The van der Waals surface area contributed by atoms with Crippen molar-refractivity contribution in [1.29, 1.82) is 0 Å². The smallest absolute Gasteiger partial charge is 0.415 e. The summed E-state index contributed by atoms with van der Waals surface area (Å²) in [7, 11) is 1.21. The first-order chi connectivity index (χ1) is 14.2. The van der Waals surface area contributed by atoms with Crippen molar-refractivity contribution < 1.29 is 36.6 Å². The number of nitrogens with two attached hydrogens (primary N) is 1. The van der Waals surface area contributed by atoms with Crippen molar-refractivity contribution in [3.8, 4) is 0 Å². The number of halogens is 4. The predicted octanol–water partition coefficient (Wildman–Crippen LogP) is 2.78. The van der Waals surface area contributed by atoms with Crippen molar-refractivity contribution >= 4 is 23.4 Å². The van der Waals surface area contributed by atoms with Gasteiger partial charge in [-0.3, -0.25) is 14.6 Å². The van der Waals surface area contributed by atoms with Crippen molar-refractivity contribution in [3.05, 3.63) is 29.6 Å². The molecule has 1 aromatic carbocycles. The van der Waals surface area contributed by atoms with Gasteiger partial charge in [0, 0.05) is 18.3 Å². The zero-order chi connectivity index (χ0) is 23.4. The molecule has 11 heteroatoms. The van der Waals surface area contributed by atoms with Crippen LogP contribution in [0.3, 0.4) is 0 Å². The third-order valence-corrected chi connectivity index (χ3v) is 5.11. The Labute approximate surface area is 176 Å². The van der Waals surface area contributed by atoms with Crippen molar-refractivity contribution in [2.45, 2.75) is 50.6 Å². The second kappa shape index (κ2) is 7.47. The van der Waals surface area contributed by atoms with Crippen molar-refractivity contribution in [2.75, 3.05) is 19.4 Å². The van der Waals surface area contributed by atoms with Gasteiger partial charge in [0.05, 0.1) is 6.61 Å². The Bertz CT molecular complexity index is 941. The molecule has 7 nitrogen and oxygen atoms in total. The lowest BCUT2D eigenvalue weighted by molar-refractivity contribution is -0.218. The van der Waals surface area contributed by atoms with Crippen LogP contribution in [0, 0.1) is 11.7 Å². The SMILES string of the molecule is CN1C(=O)[C@@H]2[C@@H](C(F)(F)F)OC[C@]2(c2cc(N)ccc2F)N=C1CC(=O)OC(C)(C)C. The minimum atomic E-state index is -4.89. The van der Waals surface area contributed by atoms with Gasteiger partial charge in [0.25, 0.3) is 0 Å². The van der Waals surface area contributed by atoms with Gasteiger partial charge in [-0.2, -0.15) is 13.2 Å². The Morgan fingerprint density at radius 3 is 2.58 bits per heavy atom. The van der Waals surface area contributed by atoms with E-state index in [1.165, 1.54) is 13.1 Å². The molecule has 0 aliphatic carbocycles. The number of fused-ring (bicyclic) bond motifs is 1. The fraction of sp³-hybridized carbons (Fsp3) is 0.550. The van der Waals surface area contributed by atoms with Gasteiger partial charge in [0.1, 0.15) is 35.1 Å². The first-order valence-corrected chi connectivity index (χ1v) is 9.48. The molecule has 1 aromatic rings. The number of aliphatic imine (C=N–C) groups is 1. The molecule has 0 bridgehead atoms. The lowest BCUT2D eigenvalue weighted by Crippen LogP contribution is -2.56. The molecule has 2 heterocycles. The van der Waals surface area contributed by atoms with Crippen LogP contribution in [0.1, 0.15) is 32.8 Å². The number of carbonyl (C=O) groups is 2. The molecule has 170 valence electrons. The summed E-state index contributed by atoms with van der Waals surface area (Å²) in [6.07, 6.45) is -7.87. The minimum absolute atomic E-state index is 0.0789. The summed E-state index contributed by atoms with van der Waals surface area (Å²) >= 11 is 0. The normalized spacial score (nSPS) is 26.5. The maximum Gasteiger partial charge on any atom is 0.415 e. The van der Waals surface area contributed by atoms with E-state index in [1.807, 2.05) is 0 Å². The summed E-state index contributed by atoms with van der Waals surface area (Å²) in [5, 5.41) is 0. The molecule has 0 radical (unpaired) electrons. The monoisotopic (exact) mass is 445 g/mol. The average Bonchev–Trinajstić information content (AvgIpc) is 3.00. The highest BCUT2D eigenvalue weighted by Gasteiger charge is 2.66. The number of nitrogen functional groups attached to an aromatic ring is 1. The lowest BCUT2D eigenvalue weighted by Gasteiger charge is -2.40. The lowest BCUT2D eigenvalue weighted by atomic mass is 9.75. The van der Waals surface area contributed by atoms with E-state index >= 15 is 0 Å². The summed E-state index contributed by atoms with van der Waals surface area (Å²) in [4.78, 5) is 30.6. The second-order valence-electron chi connectivity index (χ2n) is 8.60. The van der Waals surface area contributed by atoms with Crippen molar-refractivity contribution in [3.63, 3.8) is 0 Å². The van der Waals surface area contributed by atoms with Crippen LogP contribution in [-0.4, -0.2) is 54.1 Å². The third kappa shape index (κ3) is 4.23. The Morgan fingerprint density at radius 1 is 1.35 bits per heavy atom. The van der Waals surface area contributed by atoms with Gasteiger partial charge in [-0.15, -0.1) is 0 Å². The number of amidine groups is 1. The molecule has 1 saturated heterocycles. The third-order valence-electron chi connectivity index (χ3n) is 5.11. The Hall–Kier alpha value is -2.69. The van der Waals surface area contributed by atoms with E-state index in [1.54, 1.807) is 20.8 Å². The van der Waals surface area contributed by atoms with Gasteiger partial charge in [0.2, 0.25) is 5.91 Å². The summed E-state index contributed by atoms with van der Waals surface area (Å²) < 4.78 is 65.9. The summed E-state index contributed by atoms with van der Waals surface area (Å²) in [5.74, 6) is -4.64. The molecule has 0 unspecified atom stereocenters. The van der Waals surface area contributed by atoms with Crippen LogP contribution >= 0.6 is 0 Å². The van der Waals surface area contributed by atoms with Gasteiger partial charge in [-0.1, -0.05) is 0 Å². The number of rotatable bonds is 3. The number of ether oxygens (including phenoxy) is 2. The molecule has 1 fully saturated rings. The molecule has 1 amide bonds. The number of carbonyl (C=O) groups excluding carboxylic acids is 2. The average molecular weight is 445 g/mol. The van der Waals surface area contributed by atoms with Gasteiger partial charge in [-0.25, -0.2) is 4.39 Å². The first kappa shape index (κ1) is 23.0. The molecule has 3 rings (SSSR count). The maximum absolute atomic E-state index is 14.8. The highest BCUT2D eigenvalue weighted by molar-refractivity contribution is 6.08. The van der Waals surface area contributed by atoms with E-state index in [9.17, 15) is 27.2 Å². The summed E-state index contributed by atoms with van der Waals surface area (Å²) in [6, 6.07) is 3.37. The van der Waals surface area contributed by atoms with E-state index in [0.29, 0.717) is 0 Å².